The Morgan fingerprint density at radius 2 is 1.95 bits per heavy atom. The van der Waals surface area contributed by atoms with Crippen molar-refractivity contribution < 1.29 is 9.53 Å². The number of Topliss-reactive ketones (excluding diaryl/α,β-unsaturated/α-hetero) is 1. The number of carbonyl (C=O) groups is 1. The van der Waals surface area contributed by atoms with Crippen LogP contribution in [0, 0.1) is 16.7 Å². The van der Waals surface area contributed by atoms with Gasteiger partial charge in [-0.25, -0.2) is 0 Å². The molecule has 0 radical (unpaired) electrons. The fraction of sp³-hybridized carbons (Fsp3) is 0.941. The Morgan fingerprint density at radius 3 is 2.52 bits per heavy atom. The Bertz CT molecular complexity index is 460. The second-order valence-corrected chi connectivity index (χ2v) is 9.69. The van der Waals surface area contributed by atoms with Crippen LogP contribution in [-0.4, -0.2) is 34.4 Å². The van der Waals surface area contributed by atoms with Gasteiger partial charge in [0.05, 0.1) is 22.3 Å². The number of ether oxygens (including phenoxy) is 1. The van der Waals surface area contributed by atoms with E-state index in [0.717, 1.165) is 25.7 Å². The molecule has 0 aromatic heterocycles. The van der Waals surface area contributed by atoms with Gasteiger partial charge >= 0.3 is 0 Å². The van der Waals surface area contributed by atoms with Gasteiger partial charge in [0.25, 0.3) is 0 Å². The molecule has 0 aromatic carbocycles. The molecular weight excluding hydrogens is 304 g/mol. The smallest absolute Gasteiger partial charge is 0.151 e. The molecule has 3 fully saturated rings. The van der Waals surface area contributed by atoms with Crippen molar-refractivity contribution in [1.29, 1.82) is 0 Å². The van der Waals surface area contributed by atoms with Crippen molar-refractivity contribution in [1.82, 2.24) is 0 Å². The van der Waals surface area contributed by atoms with Crippen LogP contribution in [0.2, 0.25) is 0 Å². The van der Waals surface area contributed by atoms with E-state index in [9.17, 15) is 4.79 Å². The first-order valence-corrected chi connectivity index (χ1v) is 9.78. The summed E-state index contributed by atoms with van der Waals surface area (Å²) in [4.78, 5) is 12.8. The normalized spacial score (nSPS) is 49.5. The number of hydrogen-bond donors (Lipinski definition) is 0. The zero-order valence-corrected chi connectivity index (χ0v) is 15.3. The molecule has 120 valence electrons. The van der Waals surface area contributed by atoms with Crippen molar-refractivity contribution >= 4 is 29.1 Å². The summed E-state index contributed by atoms with van der Waals surface area (Å²) in [5, 5.41) is 0.0563. The maximum Gasteiger partial charge on any atom is 0.151 e. The van der Waals surface area contributed by atoms with Crippen molar-refractivity contribution in [3.8, 4) is 0 Å². The van der Waals surface area contributed by atoms with Gasteiger partial charge in [-0.15, -0.1) is 11.6 Å². The van der Waals surface area contributed by atoms with Crippen LogP contribution in [-0.2, 0) is 9.53 Å². The number of alkyl halides is 1. The van der Waals surface area contributed by atoms with Crippen LogP contribution in [0.15, 0.2) is 0 Å². The first-order chi connectivity index (χ1) is 9.67. The third-order valence-corrected chi connectivity index (χ3v) is 8.06. The van der Waals surface area contributed by atoms with Crippen molar-refractivity contribution in [3.05, 3.63) is 0 Å². The average Bonchev–Trinajstić information content (AvgIpc) is 2.72. The van der Waals surface area contributed by atoms with Gasteiger partial charge in [-0.2, -0.15) is 11.8 Å². The summed E-state index contributed by atoms with van der Waals surface area (Å²) >= 11 is 8.59. The molecule has 3 saturated carbocycles. The molecule has 2 bridgehead atoms. The maximum absolute atomic E-state index is 12.8. The summed E-state index contributed by atoms with van der Waals surface area (Å²) in [6.45, 7) is 8.70. The summed E-state index contributed by atoms with van der Waals surface area (Å²) in [5.41, 5.74) is -0.178. The standard InChI is InChI=1S/C17H27ClO2S/c1-15(2,3)20-11-7-9-17-13(18)10(6-8-16(11,17)4)12(19)14(17)21-5/h10-11,13-14H,6-9H2,1-5H3/t10-,11-,13-,14-,16+,17-/m0/s1. The lowest BCUT2D eigenvalue weighted by atomic mass is 9.58. The Hall–Kier alpha value is 0.270. The van der Waals surface area contributed by atoms with E-state index in [2.05, 4.69) is 34.0 Å². The highest BCUT2D eigenvalue weighted by atomic mass is 35.5. The van der Waals surface area contributed by atoms with Crippen LogP contribution in [0.4, 0.5) is 0 Å². The van der Waals surface area contributed by atoms with E-state index in [-0.39, 0.29) is 39.1 Å². The molecule has 0 amide bonds. The SMILES string of the molecule is CS[C@H]1C(=O)[C@@H]2CC[C@]3(C)[C@@H](OC(C)(C)C)CC[C@]13[C@H]2Cl. The number of hydrogen-bond acceptors (Lipinski definition) is 3. The number of ketones is 1. The fourth-order valence-corrected chi connectivity index (χ4v) is 7.50. The minimum absolute atomic E-state index is 0.00484. The maximum atomic E-state index is 12.8. The molecule has 4 heteroatoms. The van der Waals surface area contributed by atoms with E-state index in [1.807, 2.05) is 0 Å². The van der Waals surface area contributed by atoms with Crippen molar-refractivity contribution in [2.75, 3.05) is 6.26 Å². The molecule has 3 aliphatic rings. The monoisotopic (exact) mass is 330 g/mol. The molecule has 3 rings (SSSR count). The molecule has 3 aliphatic carbocycles. The summed E-state index contributed by atoms with van der Waals surface area (Å²) in [6.07, 6.45) is 6.37. The summed E-state index contributed by atoms with van der Waals surface area (Å²) in [7, 11) is 0. The highest BCUT2D eigenvalue weighted by Crippen LogP contribution is 2.71. The molecule has 6 atom stereocenters. The summed E-state index contributed by atoms with van der Waals surface area (Å²) in [5.74, 6) is 0.480. The molecule has 1 spiro atoms. The van der Waals surface area contributed by atoms with Gasteiger partial charge in [0.15, 0.2) is 5.78 Å². The molecular formula is C17H27ClO2S. The number of rotatable bonds is 2. The van der Waals surface area contributed by atoms with Gasteiger partial charge in [-0.3, -0.25) is 4.79 Å². The van der Waals surface area contributed by atoms with Crippen LogP contribution in [0.1, 0.15) is 53.4 Å². The molecule has 0 saturated heterocycles. The highest BCUT2D eigenvalue weighted by Gasteiger charge is 2.73. The van der Waals surface area contributed by atoms with Gasteiger partial charge in [0.2, 0.25) is 0 Å². The molecule has 0 N–H and O–H groups in total. The minimum atomic E-state index is -0.144. The second kappa shape index (κ2) is 4.88. The van der Waals surface area contributed by atoms with Crippen molar-refractivity contribution in [2.24, 2.45) is 16.7 Å². The molecule has 21 heavy (non-hydrogen) atoms. The van der Waals surface area contributed by atoms with Crippen LogP contribution in [0.3, 0.4) is 0 Å². The Labute approximate surface area is 137 Å². The van der Waals surface area contributed by atoms with E-state index in [1.54, 1.807) is 11.8 Å². The molecule has 0 unspecified atom stereocenters. The van der Waals surface area contributed by atoms with E-state index in [1.165, 1.54) is 0 Å². The largest absolute Gasteiger partial charge is 0.372 e. The molecule has 2 nitrogen and oxygen atoms in total. The lowest BCUT2D eigenvalue weighted by Gasteiger charge is -2.52. The minimum Gasteiger partial charge on any atom is -0.372 e. The van der Waals surface area contributed by atoms with Crippen LogP contribution in [0.25, 0.3) is 0 Å². The van der Waals surface area contributed by atoms with Crippen LogP contribution in [0.5, 0.6) is 0 Å². The van der Waals surface area contributed by atoms with Crippen molar-refractivity contribution in [3.63, 3.8) is 0 Å². The lowest BCUT2D eigenvalue weighted by molar-refractivity contribution is -0.131. The Morgan fingerprint density at radius 1 is 1.29 bits per heavy atom. The lowest BCUT2D eigenvalue weighted by Crippen LogP contribution is -2.53. The number of fused-ring (bicyclic) bond motifs is 1. The predicted octanol–water partition coefficient (Wildman–Crippen LogP) is 4.29. The summed E-state index contributed by atoms with van der Waals surface area (Å²) in [6, 6.07) is 0. The van der Waals surface area contributed by atoms with E-state index in [0.29, 0.717) is 5.78 Å². The van der Waals surface area contributed by atoms with E-state index >= 15 is 0 Å². The second-order valence-electron chi connectivity index (χ2n) is 8.28. The molecule has 0 heterocycles. The van der Waals surface area contributed by atoms with Gasteiger partial charge in [0.1, 0.15) is 0 Å². The third-order valence-electron chi connectivity index (χ3n) is 6.24. The van der Waals surface area contributed by atoms with Gasteiger partial charge in [0, 0.05) is 16.7 Å². The number of halogens is 1. The third kappa shape index (κ3) is 1.99. The highest BCUT2D eigenvalue weighted by molar-refractivity contribution is 8.00. The quantitative estimate of drug-likeness (QED) is 0.706. The van der Waals surface area contributed by atoms with Gasteiger partial charge in [-0.05, 0) is 52.7 Å². The zero-order valence-electron chi connectivity index (χ0n) is 13.7. The summed E-state index contributed by atoms with van der Waals surface area (Å²) < 4.78 is 6.41. The van der Waals surface area contributed by atoms with Gasteiger partial charge < -0.3 is 4.74 Å². The van der Waals surface area contributed by atoms with Gasteiger partial charge in [-0.1, -0.05) is 6.92 Å². The average molecular weight is 331 g/mol. The first-order valence-electron chi connectivity index (χ1n) is 8.06. The Balaban J connectivity index is 2.02. The van der Waals surface area contributed by atoms with E-state index in [4.69, 9.17) is 16.3 Å². The molecule has 0 aliphatic heterocycles. The number of carbonyl (C=O) groups excluding carboxylic acids is 1. The van der Waals surface area contributed by atoms with Crippen molar-refractivity contribution in [2.45, 2.75) is 75.7 Å². The fourth-order valence-electron chi connectivity index (χ4n) is 5.33. The Kier molecular flexibility index (Phi) is 3.75. The topological polar surface area (TPSA) is 26.3 Å². The van der Waals surface area contributed by atoms with Crippen LogP contribution >= 0.6 is 23.4 Å². The van der Waals surface area contributed by atoms with Crippen LogP contribution < -0.4 is 0 Å². The number of thioether (sulfide) groups is 1. The first kappa shape index (κ1) is 16.1. The zero-order chi connectivity index (χ0) is 15.6. The predicted molar refractivity (Wildman–Crippen MR) is 89.1 cm³/mol. The molecule has 0 aromatic rings. The van der Waals surface area contributed by atoms with E-state index < -0.39 is 0 Å².